The van der Waals surface area contributed by atoms with Gasteiger partial charge in [0.2, 0.25) is 0 Å². The van der Waals surface area contributed by atoms with E-state index in [-0.39, 0.29) is 14.2 Å². The predicted octanol–water partition coefficient (Wildman–Crippen LogP) is 7.86. The van der Waals surface area contributed by atoms with Gasteiger partial charge in [0.15, 0.2) is 11.6 Å². The Hall–Kier alpha value is -2.60. The van der Waals surface area contributed by atoms with Crippen LogP contribution in [0.1, 0.15) is 23.4 Å². The fourth-order valence-corrected chi connectivity index (χ4v) is 7.14. The molecule has 0 spiro atoms. The van der Waals surface area contributed by atoms with Gasteiger partial charge >= 0.3 is 6.01 Å². The second-order valence-corrected chi connectivity index (χ2v) is 26.6. The van der Waals surface area contributed by atoms with Gasteiger partial charge in [0.05, 0.1) is 13.5 Å². The summed E-state index contributed by atoms with van der Waals surface area (Å²) in [6.45, 7) is 2.54. The molecule has 0 saturated carbocycles. The SMILES string of the molecule is Cc1ccnc(Oc2ccc(-c3c4n(c5ncnc(N)c35)CCCc3cc(C#CSP(I)I)ncc3-4)cc2F)n1. The van der Waals surface area contributed by atoms with Crippen molar-refractivity contribution in [2.75, 3.05) is 5.73 Å². The van der Waals surface area contributed by atoms with Crippen LogP contribution in [-0.4, -0.2) is 29.5 Å². The molecular weight excluding hydrogens is 774 g/mol. The lowest BCUT2D eigenvalue weighted by Crippen LogP contribution is -2.00. The third-order valence-electron chi connectivity index (χ3n) is 6.43. The van der Waals surface area contributed by atoms with Crippen LogP contribution in [0.3, 0.4) is 0 Å². The zero-order valence-electron chi connectivity index (χ0n) is 20.9. The summed E-state index contributed by atoms with van der Waals surface area (Å²) >= 11 is 6.38. The molecule has 200 valence electrons. The quantitative estimate of drug-likeness (QED) is 0.112. The van der Waals surface area contributed by atoms with Crippen LogP contribution in [0.2, 0.25) is 0 Å². The number of anilines is 1. The number of rotatable bonds is 4. The first-order valence-electron chi connectivity index (χ1n) is 12.1. The van der Waals surface area contributed by atoms with E-state index in [0.717, 1.165) is 53.2 Å². The van der Waals surface area contributed by atoms with Gasteiger partial charge in [-0.3, -0.25) is 0 Å². The number of nitrogens with zero attached hydrogens (tertiary/aromatic N) is 6. The average molecular weight is 793 g/mol. The number of hydrogen-bond donors (Lipinski definition) is 1. The molecule has 5 aromatic rings. The first kappa shape index (κ1) is 27.6. The summed E-state index contributed by atoms with van der Waals surface area (Å²) in [6.07, 6.45) is 6.63. The van der Waals surface area contributed by atoms with Gasteiger partial charge in [-0.05, 0) is 122 Å². The number of halogens is 3. The first-order valence-corrected chi connectivity index (χ1v) is 20.4. The highest BCUT2D eigenvalue weighted by molar-refractivity contribution is 14.3. The number of fused-ring (bicyclic) bond motifs is 5. The van der Waals surface area contributed by atoms with E-state index in [1.165, 1.54) is 12.4 Å². The Labute approximate surface area is 260 Å². The molecule has 0 radical (unpaired) electrons. The standard InChI is InChI=1S/C27H19FI2N7OPS/c1-15-6-8-32-27(36-15)38-21-5-4-17(12-20(21)28)22-23-25(31)34-14-35-26(23)37-9-2-3-16-11-18(7-10-40-39(29)30)33-13-19(16)24(22)37/h4-6,8,11-14H,2-3,9H2,1H3,(H2,31,34,35). The summed E-state index contributed by atoms with van der Waals surface area (Å²) in [5.41, 5.74) is 12.9. The van der Waals surface area contributed by atoms with Crippen molar-refractivity contribution >= 4 is 74.7 Å². The molecule has 6 rings (SSSR count). The van der Waals surface area contributed by atoms with Crippen molar-refractivity contribution in [3.63, 3.8) is 0 Å². The molecule has 0 atom stereocenters. The highest BCUT2D eigenvalue weighted by atomic mass is 127. The fourth-order valence-electron chi connectivity index (χ4n) is 4.81. The lowest BCUT2D eigenvalue weighted by atomic mass is 9.95. The van der Waals surface area contributed by atoms with E-state index in [1.54, 1.807) is 35.8 Å². The summed E-state index contributed by atoms with van der Waals surface area (Å²) in [5, 5.41) is 3.84. The van der Waals surface area contributed by atoms with E-state index < -0.39 is 5.82 Å². The number of ether oxygens (including phenoxy) is 1. The molecule has 5 heterocycles. The molecule has 0 aliphatic carbocycles. The topological polar surface area (TPSA) is 105 Å². The number of hydrogen-bond acceptors (Lipinski definition) is 8. The molecule has 1 aromatic carbocycles. The van der Waals surface area contributed by atoms with Crippen molar-refractivity contribution in [3.8, 4) is 45.3 Å². The van der Waals surface area contributed by atoms with Crippen LogP contribution < -0.4 is 10.5 Å². The lowest BCUT2D eigenvalue weighted by Gasteiger charge is -2.12. The Bertz CT molecular complexity index is 1840. The molecule has 0 saturated heterocycles. The largest absolute Gasteiger partial charge is 0.421 e. The lowest BCUT2D eigenvalue weighted by molar-refractivity contribution is 0.410. The number of nitrogen functional groups attached to an aromatic ring is 1. The molecule has 1 aliphatic rings. The van der Waals surface area contributed by atoms with Crippen LogP contribution in [0.15, 0.2) is 49.1 Å². The van der Waals surface area contributed by atoms with Gasteiger partial charge in [-0.15, -0.1) is 0 Å². The van der Waals surface area contributed by atoms with Crippen molar-refractivity contribution in [2.45, 2.75) is 26.3 Å². The van der Waals surface area contributed by atoms with E-state index in [0.29, 0.717) is 22.4 Å². The van der Waals surface area contributed by atoms with E-state index in [4.69, 9.17) is 10.5 Å². The zero-order chi connectivity index (χ0) is 27.8. The average Bonchev–Trinajstić information content (AvgIpc) is 3.13. The monoisotopic (exact) mass is 793 g/mol. The zero-order valence-corrected chi connectivity index (χ0v) is 26.9. The van der Waals surface area contributed by atoms with Crippen LogP contribution >= 0.6 is 57.9 Å². The minimum absolute atomic E-state index is 0.0259. The normalized spacial score (nSPS) is 12.4. The maximum absolute atomic E-state index is 15.5. The smallest absolute Gasteiger partial charge is 0.322 e. The minimum atomic E-state index is -0.549. The molecule has 4 aromatic heterocycles. The third-order valence-corrected chi connectivity index (χ3v) is 11.0. The highest BCUT2D eigenvalue weighted by Gasteiger charge is 2.27. The van der Waals surface area contributed by atoms with Gasteiger partial charge in [0.25, 0.3) is 0 Å². The summed E-state index contributed by atoms with van der Waals surface area (Å²) in [5.74, 6) is 2.98. The molecule has 1 aliphatic heterocycles. The Morgan fingerprint density at radius 3 is 2.83 bits per heavy atom. The van der Waals surface area contributed by atoms with Crippen molar-refractivity contribution in [1.29, 1.82) is 0 Å². The summed E-state index contributed by atoms with van der Waals surface area (Å²) in [4.78, 5) is 21.8. The maximum Gasteiger partial charge on any atom is 0.322 e. The molecule has 0 fully saturated rings. The number of aryl methyl sites for hydroxylation is 3. The number of pyridine rings is 1. The predicted molar refractivity (Wildman–Crippen MR) is 175 cm³/mol. The molecule has 0 amide bonds. The molecule has 0 unspecified atom stereocenters. The van der Waals surface area contributed by atoms with Crippen LogP contribution in [0.5, 0.6) is 11.8 Å². The van der Waals surface area contributed by atoms with Crippen molar-refractivity contribution in [2.24, 2.45) is 0 Å². The van der Waals surface area contributed by atoms with Gasteiger partial charge in [-0.25, -0.2) is 29.3 Å². The van der Waals surface area contributed by atoms with E-state index in [9.17, 15) is 0 Å². The van der Waals surface area contributed by atoms with E-state index in [1.807, 2.05) is 13.1 Å². The van der Waals surface area contributed by atoms with Crippen LogP contribution in [0, 0.1) is 23.9 Å². The first-order chi connectivity index (χ1) is 19.4. The van der Waals surface area contributed by atoms with Gasteiger partial charge in [0, 0.05) is 35.8 Å². The summed E-state index contributed by atoms with van der Waals surface area (Å²) in [7, 11) is 0. The van der Waals surface area contributed by atoms with Crippen LogP contribution in [0.25, 0.3) is 33.4 Å². The van der Waals surface area contributed by atoms with Gasteiger partial charge in [-0.2, -0.15) is 0 Å². The van der Waals surface area contributed by atoms with Gasteiger partial charge in [0.1, 0.15) is 23.5 Å². The third kappa shape index (κ3) is 5.48. The molecule has 0 bridgehead atoms. The molecule has 8 nitrogen and oxygen atoms in total. The Kier molecular flexibility index (Phi) is 8.07. The van der Waals surface area contributed by atoms with Crippen molar-refractivity contribution in [3.05, 3.63) is 71.8 Å². The van der Waals surface area contributed by atoms with E-state index in [2.05, 4.69) is 90.8 Å². The van der Waals surface area contributed by atoms with Crippen molar-refractivity contribution < 1.29 is 9.13 Å². The highest BCUT2D eigenvalue weighted by Crippen LogP contribution is 2.64. The molecule has 40 heavy (non-hydrogen) atoms. The molecular formula is C27H19FI2N7OPS. The van der Waals surface area contributed by atoms with Gasteiger partial charge in [-0.1, -0.05) is 6.07 Å². The Morgan fingerprint density at radius 2 is 2.02 bits per heavy atom. The molecule has 2 N–H and O–H groups in total. The maximum atomic E-state index is 15.5. The van der Waals surface area contributed by atoms with Gasteiger partial charge < -0.3 is 15.0 Å². The van der Waals surface area contributed by atoms with E-state index >= 15 is 4.39 Å². The molecule has 13 heteroatoms. The second-order valence-electron chi connectivity index (χ2n) is 8.91. The van der Waals surface area contributed by atoms with Crippen LogP contribution in [0.4, 0.5) is 10.2 Å². The Balaban J connectivity index is 1.50. The fraction of sp³-hybridized carbons (Fsp3) is 0.148. The summed E-state index contributed by atoms with van der Waals surface area (Å²) in [6, 6.07) is 8.70. The number of benzene rings is 1. The van der Waals surface area contributed by atoms with Crippen LogP contribution in [-0.2, 0) is 13.0 Å². The summed E-state index contributed by atoms with van der Waals surface area (Å²) < 4.78 is 23.0. The van der Waals surface area contributed by atoms with Crippen molar-refractivity contribution in [1.82, 2.24) is 29.5 Å². The Morgan fingerprint density at radius 1 is 1.15 bits per heavy atom. The number of aromatic nitrogens is 6. The minimum Gasteiger partial charge on any atom is -0.421 e. The second kappa shape index (κ2) is 11.7. The number of nitrogens with two attached hydrogens (primary N) is 1.